The number of rotatable bonds is 4. The molecule has 0 spiro atoms. The largest absolute Gasteiger partial charge is 0.481 e. The number of aliphatic carboxylic acids is 1. The van der Waals surface area contributed by atoms with E-state index in [1.807, 2.05) is 6.92 Å². The summed E-state index contributed by atoms with van der Waals surface area (Å²) in [6.45, 7) is 6.40. The fourth-order valence-electron chi connectivity index (χ4n) is 2.66. The summed E-state index contributed by atoms with van der Waals surface area (Å²) in [6.07, 6.45) is 1.77. The van der Waals surface area contributed by atoms with E-state index in [0.29, 0.717) is 6.54 Å². The first-order valence-corrected chi connectivity index (χ1v) is 6.58. The number of carboxylic acids is 1. The maximum absolute atomic E-state index is 11.2. The van der Waals surface area contributed by atoms with Gasteiger partial charge < -0.3 is 5.11 Å². The minimum atomic E-state index is -0.672. The fourth-order valence-corrected chi connectivity index (χ4v) is 2.66. The summed E-state index contributed by atoms with van der Waals surface area (Å²) in [5.74, 6) is -0.672. The SMILES string of the molecule is CCc1ccccc1CN1CCC(C)(C(=O)O)C1. The molecule has 0 aromatic heterocycles. The number of carbonyl (C=O) groups is 1. The number of likely N-dealkylation sites (tertiary alicyclic amines) is 1. The molecule has 98 valence electrons. The van der Waals surface area contributed by atoms with E-state index in [1.54, 1.807) is 0 Å². The van der Waals surface area contributed by atoms with Gasteiger partial charge in [-0.25, -0.2) is 0 Å². The van der Waals surface area contributed by atoms with Gasteiger partial charge in [0.05, 0.1) is 5.41 Å². The zero-order valence-corrected chi connectivity index (χ0v) is 11.1. The van der Waals surface area contributed by atoms with Crippen LogP contribution in [-0.4, -0.2) is 29.1 Å². The van der Waals surface area contributed by atoms with E-state index >= 15 is 0 Å². The molecule has 1 aromatic rings. The molecule has 1 saturated heterocycles. The smallest absolute Gasteiger partial charge is 0.310 e. The number of benzene rings is 1. The highest BCUT2D eigenvalue weighted by molar-refractivity contribution is 5.74. The van der Waals surface area contributed by atoms with Crippen molar-refractivity contribution in [3.8, 4) is 0 Å². The molecule has 1 aromatic carbocycles. The van der Waals surface area contributed by atoms with Crippen LogP contribution in [-0.2, 0) is 17.8 Å². The molecule has 1 fully saturated rings. The Labute approximate surface area is 108 Å². The zero-order chi connectivity index (χ0) is 13.2. The quantitative estimate of drug-likeness (QED) is 0.889. The highest BCUT2D eigenvalue weighted by atomic mass is 16.4. The molecule has 1 aliphatic rings. The van der Waals surface area contributed by atoms with E-state index in [9.17, 15) is 9.90 Å². The second kappa shape index (κ2) is 5.11. The predicted octanol–water partition coefficient (Wildman–Crippen LogP) is 2.55. The molecule has 18 heavy (non-hydrogen) atoms. The third-order valence-corrected chi connectivity index (χ3v) is 3.96. The summed E-state index contributed by atoms with van der Waals surface area (Å²) in [7, 11) is 0. The van der Waals surface area contributed by atoms with Gasteiger partial charge in [-0.15, -0.1) is 0 Å². The van der Waals surface area contributed by atoms with Crippen molar-refractivity contribution in [1.29, 1.82) is 0 Å². The summed E-state index contributed by atoms with van der Waals surface area (Å²) in [4.78, 5) is 13.5. The number of hydrogen-bond donors (Lipinski definition) is 1. The summed E-state index contributed by atoms with van der Waals surface area (Å²) in [6, 6.07) is 8.42. The molecule has 1 unspecified atom stereocenters. The van der Waals surface area contributed by atoms with Gasteiger partial charge in [-0.05, 0) is 37.4 Å². The Bertz CT molecular complexity index is 444. The van der Waals surface area contributed by atoms with Crippen molar-refractivity contribution in [2.45, 2.75) is 33.2 Å². The Morgan fingerprint density at radius 3 is 2.61 bits per heavy atom. The summed E-state index contributed by atoms with van der Waals surface area (Å²) < 4.78 is 0. The molecule has 1 N–H and O–H groups in total. The second-order valence-electron chi connectivity index (χ2n) is 5.45. The van der Waals surface area contributed by atoms with Crippen LogP contribution < -0.4 is 0 Å². The Balaban J connectivity index is 2.06. The topological polar surface area (TPSA) is 40.5 Å². The zero-order valence-electron chi connectivity index (χ0n) is 11.1. The lowest BCUT2D eigenvalue weighted by molar-refractivity contribution is -0.147. The average molecular weight is 247 g/mol. The van der Waals surface area contributed by atoms with Gasteiger partial charge in [0.15, 0.2) is 0 Å². The molecule has 0 saturated carbocycles. The minimum Gasteiger partial charge on any atom is -0.481 e. The van der Waals surface area contributed by atoms with Crippen molar-refractivity contribution in [2.75, 3.05) is 13.1 Å². The molecular formula is C15H21NO2. The van der Waals surface area contributed by atoms with Crippen LogP contribution in [0.1, 0.15) is 31.4 Å². The fraction of sp³-hybridized carbons (Fsp3) is 0.533. The van der Waals surface area contributed by atoms with Crippen LogP contribution in [0.3, 0.4) is 0 Å². The van der Waals surface area contributed by atoms with E-state index in [4.69, 9.17) is 0 Å². The van der Waals surface area contributed by atoms with Gasteiger partial charge in [0.2, 0.25) is 0 Å². The Morgan fingerprint density at radius 1 is 1.39 bits per heavy atom. The number of nitrogens with zero attached hydrogens (tertiary/aromatic N) is 1. The van der Waals surface area contributed by atoms with E-state index in [0.717, 1.165) is 25.9 Å². The van der Waals surface area contributed by atoms with Crippen LogP contribution in [0.25, 0.3) is 0 Å². The first-order valence-electron chi connectivity index (χ1n) is 6.58. The van der Waals surface area contributed by atoms with Gasteiger partial charge in [-0.3, -0.25) is 9.69 Å². The highest BCUT2D eigenvalue weighted by Gasteiger charge is 2.40. The van der Waals surface area contributed by atoms with E-state index < -0.39 is 11.4 Å². The maximum atomic E-state index is 11.2. The minimum absolute atomic E-state index is 0.568. The molecule has 1 heterocycles. The average Bonchev–Trinajstić information content (AvgIpc) is 2.73. The second-order valence-corrected chi connectivity index (χ2v) is 5.45. The summed E-state index contributed by atoms with van der Waals surface area (Å²) in [5.41, 5.74) is 2.12. The molecule has 3 heteroatoms. The van der Waals surface area contributed by atoms with Gasteiger partial charge in [0, 0.05) is 13.1 Å². The van der Waals surface area contributed by atoms with Crippen molar-refractivity contribution in [3.05, 3.63) is 35.4 Å². The Kier molecular flexibility index (Phi) is 3.71. The number of hydrogen-bond acceptors (Lipinski definition) is 2. The monoisotopic (exact) mass is 247 g/mol. The van der Waals surface area contributed by atoms with Crippen LogP contribution in [0, 0.1) is 5.41 Å². The van der Waals surface area contributed by atoms with Gasteiger partial charge >= 0.3 is 5.97 Å². The van der Waals surface area contributed by atoms with Gasteiger partial charge in [-0.2, -0.15) is 0 Å². The molecule has 0 radical (unpaired) electrons. The van der Waals surface area contributed by atoms with Gasteiger partial charge in [-0.1, -0.05) is 31.2 Å². The Morgan fingerprint density at radius 2 is 2.06 bits per heavy atom. The molecular weight excluding hydrogens is 226 g/mol. The molecule has 1 atom stereocenters. The molecule has 0 aliphatic carbocycles. The van der Waals surface area contributed by atoms with Crippen molar-refractivity contribution in [3.63, 3.8) is 0 Å². The molecule has 3 nitrogen and oxygen atoms in total. The van der Waals surface area contributed by atoms with Crippen molar-refractivity contribution in [1.82, 2.24) is 4.90 Å². The van der Waals surface area contributed by atoms with E-state index in [1.165, 1.54) is 11.1 Å². The normalized spacial score (nSPS) is 24.3. The standard InChI is InChI=1S/C15H21NO2/c1-3-12-6-4-5-7-13(12)10-16-9-8-15(2,11-16)14(17)18/h4-7H,3,8-11H2,1-2H3,(H,17,18). The van der Waals surface area contributed by atoms with Crippen molar-refractivity contribution >= 4 is 5.97 Å². The molecule has 0 amide bonds. The lowest BCUT2D eigenvalue weighted by Crippen LogP contribution is -2.31. The number of carboxylic acid groups (broad SMARTS) is 1. The van der Waals surface area contributed by atoms with Gasteiger partial charge in [0.1, 0.15) is 0 Å². The highest BCUT2D eigenvalue weighted by Crippen LogP contribution is 2.31. The third-order valence-electron chi connectivity index (χ3n) is 3.96. The van der Waals surface area contributed by atoms with E-state index in [-0.39, 0.29) is 0 Å². The van der Waals surface area contributed by atoms with Crippen molar-refractivity contribution < 1.29 is 9.90 Å². The maximum Gasteiger partial charge on any atom is 0.310 e. The van der Waals surface area contributed by atoms with Crippen LogP contribution in [0.5, 0.6) is 0 Å². The lowest BCUT2D eigenvalue weighted by atomic mass is 9.90. The lowest BCUT2D eigenvalue weighted by Gasteiger charge is -2.21. The molecule has 2 rings (SSSR count). The van der Waals surface area contributed by atoms with Crippen molar-refractivity contribution in [2.24, 2.45) is 5.41 Å². The van der Waals surface area contributed by atoms with Crippen LogP contribution >= 0.6 is 0 Å². The summed E-state index contributed by atoms with van der Waals surface area (Å²) >= 11 is 0. The molecule has 0 bridgehead atoms. The van der Waals surface area contributed by atoms with E-state index in [2.05, 4.69) is 36.1 Å². The van der Waals surface area contributed by atoms with Gasteiger partial charge in [0.25, 0.3) is 0 Å². The van der Waals surface area contributed by atoms with Crippen LogP contribution in [0.4, 0.5) is 0 Å². The first kappa shape index (κ1) is 13.1. The predicted molar refractivity (Wildman–Crippen MR) is 71.5 cm³/mol. The number of aryl methyl sites for hydroxylation is 1. The first-order chi connectivity index (χ1) is 8.55. The Hall–Kier alpha value is -1.35. The molecule has 1 aliphatic heterocycles. The van der Waals surface area contributed by atoms with Crippen LogP contribution in [0.15, 0.2) is 24.3 Å². The van der Waals surface area contributed by atoms with Crippen LogP contribution in [0.2, 0.25) is 0 Å². The summed E-state index contributed by atoms with van der Waals surface area (Å²) in [5, 5.41) is 9.23. The third kappa shape index (κ3) is 2.56.